The summed E-state index contributed by atoms with van der Waals surface area (Å²) in [5.74, 6) is 1.48. The van der Waals surface area contributed by atoms with Gasteiger partial charge < -0.3 is 19.1 Å². The molecule has 0 amide bonds. The third-order valence-electron chi connectivity index (χ3n) is 4.90. The van der Waals surface area contributed by atoms with Gasteiger partial charge in [0.15, 0.2) is 10.7 Å². The van der Waals surface area contributed by atoms with Crippen LogP contribution in [0.15, 0.2) is 12.1 Å². The highest BCUT2D eigenvalue weighted by molar-refractivity contribution is 8.06. The Labute approximate surface area is 192 Å². The molecule has 30 heavy (non-hydrogen) atoms. The van der Waals surface area contributed by atoms with Crippen molar-refractivity contribution in [2.24, 2.45) is 0 Å². The zero-order valence-corrected chi connectivity index (χ0v) is 22.4. The zero-order chi connectivity index (χ0) is 23.0. The predicted octanol–water partition coefficient (Wildman–Crippen LogP) is 7.01. The molecule has 1 aliphatic rings. The molecular formula is C22H38NO4PS2. The van der Waals surface area contributed by atoms with Gasteiger partial charge in [0.2, 0.25) is 5.06 Å². The maximum atomic E-state index is 13.7. The standard InChI is InChI=1S/C22H38NO4PS2/c1-10-25-28(24,26-11-2)19(30-12-3)22(29)23-17-14-15(20(4,5)6)13-16(18(17)27-22)21(7,8)9/h13-14,19,23,29H,10-12H2,1-9H3. The molecule has 2 unspecified atom stereocenters. The van der Waals surface area contributed by atoms with Crippen LogP contribution >= 0.6 is 32.0 Å². The largest absolute Gasteiger partial charge is 0.455 e. The summed E-state index contributed by atoms with van der Waals surface area (Å²) in [6, 6.07) is 4.33. The second-order valence-corrected chi connectivity index (χ2v) is 14.0. The van der Waals surface area contributed by atoms with Gasteiger partial charge in [-0.05, 0) is 42.1 Å². The molecule has 1 aromatic carbocycles. The van der Waals surface area contributed by atoms with Gasteiger partial charge in [-0.3, -0.25) is 4.57 Å². The lowest BCUT2D eigenvalue weighted by atomic mass is 9.80. The van der Waals surface area contributed by atoms with Gasteiger partial charge in [0.1, 0.15) is 0 Å². The van der Waals surface area contributed by atoms with Crippen LogP contribution in [0.4, 0.5) is 5.69 Å². The summed E-state index contributed by atoms with van der Waals surface area (Å²) < 4.78 is 31.6. The van der Waals surface area contributed by atoms with Crippen molar-refractivity contribution in [2.75, 3.05) is 24.3 Å². The van der Waals surface area contributed by atoms with E-state index in [1.807, 2.05) is 20.8 Å². The van der Waals surface area contributed by atoms with Crippen molar-refractivity contribution >= 4 is 37.7 Å². The van der Waals surface area contributed by atoms with Crippen molar-refractivity contribution in [3.05, 3.63) is 23.3 Å². The van der Waals surface area contributed by atoms with Crippen molar-refractivity contribution in [3.63, 3.8) is 0 Å². The minimum absolute atomic E-state index is 0.0257. The van der Waals surface area contributed by atoms with Crippen LogP contribution in [0.1, 0.15) is 73.4 Å². The molecule has 1 aromatic rings. The molecule has 0 fully saturated rings. The van der Waals surface area contributed by atoms with Gasteiger partial charge in [-0.1, -0.05) is 54.5 Å². The first-order valence-corrected chi connectivity index (χ1v) is 13.7. The lowest BCUT2D eigenvalue weighted by Crippen LogP contribution is -2.45. The van der Waals surface area contributed by atoms with Crippen molar-refractivity contribution in [3.8, 4) is 5.75 Å². The Morgan fingerprint density at radius 2 is 1.67 bits per heavy atom. The minimum Gasteiger partial charge on any atom is -0.455 e. The van der Waals surface area contributed by atoms with Gasteiger partial charge in [-0.15, -0.1) is 24.4 Å². The van der Waals surface area contributed by atoms with Crippen molar-refractivity contribution < 1.29 is 18.3 Å². The van der Waals surface area contributed by atoms with Crippen LogP contribution in [0, 0.1) is 0 Å². The van der Waals surface area contributed by atoms with Gasteiger partial charge >= 0.3 is 7.60 Å². The molecule has 8 heteroatoms. The fraction of sp³-hybridized carbons (Fsp3) is 0.727. The first kappa shape index (κ1) is 25.9. The summed E-state index contributed by atoms with van der Waals surface area (Å²) in [5.41, 5.74) is 3.00. The van der Waals surface area contributed by atoms with Crippen LogP contribution in [0.5, 0.6) is 5.75 Å². The Balaban J connectivity index is 2.60. The number of hydrogen-bond acceptors (Lipinski definition) is 7. The number of fused-ring (bicyclic) bond motifs is 1. The number of ether oxygens (including phenoxy) is 1. The molecule has 1 aliphatic heterocycles. The Hall–Kier alpha value is -0.330. The predicted molar refractivity (Wildman–Crippen MR) is 133 cm³/mol. The molecule has 0 aliphatic carbocycles. The van der Waals surface area contributed by atoms with E-state index in [0.29, 0.717) is 0 Å². The molecule has 1 N–H and O–H groups in total. The van der Waals surface area contributed by atoms with E-state index in [1.54, 1.807) is 0 Å². The second-order valence-electron chi connectivity index (χ2n) is 9.51. The van der Waals surface area contributed by atoms with Crippen molar-refractivity contribution in [1.82, 2.24) is 0 Å². The van der Waals surface area contributed by atoms with Crippen LogP contribution in [0.3, 0.4) is 0 Å². The van der Waals surface area contributed by atoms with Crippen molar-refractivity contribution in [2.45, 2.75) is 83.2 Å². The first-order valence-electron chi connectivity index (χ1n) is 10.6. The smallest absolute Gasteiger partial charge is 0.350 e. The van der Waals surface area contributed by atoms with Crippen LogP contribution < -0.4 is 10.1 Å². The van der Waals surface area contributed by atoms with Gasteiger partial charge in [-0.2, -0.15) is 0 Å². The van der Waals surface area contributed by atoms with Gasteiger partial charge in [0, 0.05) is 5.56 Å². The highest BCUT2D eigenvalue weighted by Gasteiger charge is 2.55. The number of thioether (sulfide) groups is 1. The zero-order valence-electron chi connectivity index (χ0n) is 19.8. The fourth-order valence-corrected chi connectivity index (χ4v) is 8.08. The summed E-state index contributed by atoms with van der Waals surface area (Å²) in [5, 5.41) is 2.21. The normalized spacial score (nSPS) is 20.5. The third-order valence-corrected chi connectivity index (χ3v) is 10.1. The number of anilines is 1. The average Bonchev–Trinajstić information content (AvgIpc) is 2.94. The monoisotopic (exact) mass is 475 g/mol. The highest BCUT2D eigenvalue weighted by atomic mass is 32.2. The summed E-state index contributed by atoms with van der Waals surface area (Å²) in [6.07, 6.45) is 0. The number of rotatable bonds is 8. The maximum absolute atomic E-state index is 13.7. The van der Waals surface area contributed by atoms with E-state index in [2.05, 4.69) is 59.0 Å². The van der Waals surface area contributed by atoms with E-state index in [1.165, 1.54) is 17.3 Å². The molecule has 0 saturated carbocycles. The SMILES string of the molecule is CCOP(=O)(OCC)C(SCC)C1(S)Nc2cc(C(C)(C)C)cc(C(C)(C)C)c2O1. The number of hydrogen-bond donors (Lipinski definition) is 2. The molecule has 0 spiro atoms. The molecule has 1 heterocycles. The lowest BCUT2D eigenvalue weighted by molar-refractivity contribution is 0.182. The minimum atomic E-state index is -3.49. The highest BCUT2D eigenvalue weighted by Crippen LogP contribution is 2.64. The van der Waals surface area contributed by atoms with Gasteiger partial charge in [0.25, 0.3) is 0 Å². The maximum Gasteiger partial charge on any atom is 0.350 e. The van der Waals surface area contributed by atoms with E-state index >= 15 is 0 Å². The molecule has 0 saturated heterocycles. The Kier molecular flexibility index (Phi) is 8.01. The van der Waals surface area contributed by atoms with E-state index in [9.17, 15) is 4.57 Å². The molecule has 0 aromatic heterocycles. The Bertz CT molecular complexity index is 794. The third kappa shape index (κ3) is 5.35. The van der Waals surface area contributed by atoms with Crippen LogP contribution in [-0.4, -0.2) is 29.0 Å². The fourth-order valence-electron chi connectivity index (χ4n) is 3.42. The summed E-state index contributed by atoms with van der Waals surface area (Å²) in [4.78, 5) is -0.642. The molecular weight excluding hydrogens is 437 g/mol. The van der Waals surface area contributed by atoms with Gasteiger partial charge in [0.05, 0.1) is 18.9 Å². The van der Waals surface area contributed by atoms with E-state index in [-0.39, 0.29) is 24.0 Å². The summed E-state index contributed by atoms with van der Waals surface area (Å²) in [6.45, 7) is 19.3. The van der Waals surface area contributed by atoms with Crippen molar-refractivity contribution in [1.29, 1.82) is 0 Å². The van der Waals surface area contributed by atoms with Crippen LogP contribution in [0.25, 0.3) is 0 Å². The van der Waals surface area contributed by atoms with Crippen LogP contribution in [-0.2, 0) is 24.4 Å². The number of nitrogens with one attached hydrogen (secondary N) is 1. The van der Waals surface area contributed by atoms with E-state index in [4.69, 9.17) is 26.4 Å². The summed E-state index contributed by atoms with van der Waals surface area (Å²) >= 11 is 6.37. The molecule has 5 nitrogen and oxygen atoms in total. The number of benzene rings is 1. The molecule has 0 bridgehead atoms. The second kappa shape index (κ2) is 9.27. The Morgan fingerprint density at radius 3 is 2.10 bits per heavy atom. The lowest BCUT2D eigenvalue weighted by Gasteiger charge is -2.36. The Morgan fingerprint density at radius 1 is 1.10 bits per heavy atom. The van der Waals surface area contributed by atoms with E-state index in [0.717, 1.165) is 22.8 Å². The molecule has 0 radical (unpaired) electrons. The van der Waals surface area contributed by atoms with Gasteiger partial charge in [-0.25, -0.2) is 0 Å². The van der Waals surface area contributed by atoms with Crippen LogP contribution in [0.2, 0.25) is 0 Å². The summed E-state index contributed by atoms with van der Waals surface area (Å²) in [7, 11) is -3.49. The molecule has 2 atom stereocenters. The number of thiol groups is 1. The molecule has 2 rings (SSSR count). The first-order chi connectivity index (χ1) is 13.7. The quantitative estimate of drug-likeness (QED) is 0.311. The topological polar surface area (TPSA) is 56.8 Å². The van der Waals surface area contributed by atoms with E-state index < -0.39 is 17.6 Å². The molecule has 172 valence electrons. The average molecular weight is 476 g/mol.